The average Bonchev–Trinajstić information content (AvgIpc) is 2.72. The van der Waals surface area contributed by atoms with Gasteiger partial charge in [-0.15, -0.1) is 0 Å². The highest BCUT2D eigenvalue weighted by molar-refractivity contribution is 7.79. The van der Waals surface area contributed by atoms with Crippen LogP contribution in [0.3, 0.4) is 0 Å². The number of rotatable bonds is 1. The van der Waals surface area contributed by atoms with Crippen molar-refractivity contribution < 1.29 is 4.52 Å². The third kappa shape index (κ3) is 1.31. The van der Waals surface area contributed by atoms with Crippen molar-refractivity contribution in [3.8, 4) is 11.3 Å². The zero-order valence-electron chi connectivity index (χ0n) is 9.10. The molecule has 82 valence electrons. The summed E-state index contributed by atoms with van der Waals surface area (Å²) in [6.07, 6.45) is 1.01. The number of hydrogen-bond acceptors (Lipinski definition) is 3. The van der Waals surface area contributed by atoms with Gasteiger partial charge in [0.2, 0.25) is 0 Å². The van der Waals surface area contributed by atoms with E-state index >= 15 is 0 Å². The van der Waals surface area contributed by atoms with E-state index in [1.54, 1.807) is 0 Å². The molecule has 0 aliphatic heterocycles. The molecule has 1 aliphatic carbocycles. The zero-order chi connectivity index (χ0) is 11.1. The van der Waals surface area contributed by atoms with Crippen LogP contribution in [0.5, 0.6) is 0 Å². The van der Waals surface area contributed by atoms with Gasteiger partial charge < -0.3 is 4.52 Å². The molecular formula is C13H13NOS. The van der Waals surface area contributed by atoms with E-state index in [4.69, 9.17) is 4.52 Å². The molecule has 3 rings (SSSR count). The molecule has 1 aliphatic rings. The quantitative estimate of drug-likeness (QED) is 0.761. The van der Waals surface area contributed by atoms with Crippen LogP contribution >= 0.6 is 12.6 Å². The first kappa shape index (κ1) is 9.97. The summed E-state index contributed by atoms with van der Waals surface area (Å²) in [6, 6.07) is 8.41. The number of hydrogen-bond donors (Lipinski definition) is 1. The maximum absolute atomic E-state index is 5.45. The van der Waals surface area contributed by atoms with Crippen molar-refractivity contribution in [1.29, 1.82) is 0 Å². The Labute approximate surface area is 100 Å². The van der Waals surface area contributed by atoms with E-state index in [1.807, 2.05) is 6.07 Å². The number of thiol groups is 1. The molecule has 1 aromatic heterocycles. The van der Waals surface area contributed by atoms with E-state index in [1.165, 1.54) is 16.7 Å². The van der Waals surface area contributed by atoms with Crippen LogP contribution in [0.2, 0.25) is 0 Å². The molecule has 3 heteroatoms. The maximum atomic E-state index is 5.45. The van der Waals surface area contributed by atoms with Crippen molar-refractivity contribution in [1.82, 2.24) is 5.16 Å². The van der Waals surface area contributed by atoms with Crippen LogP contribution in [0.1, 0.15) is 29.7 Å². The molecule has 0 fully saturated rings. The van der Waals surface area contributed by atoms with Gasteiger partial charge in [0.05, 0.1) is 5.69 Å². The van der Waals surface area contributed by atoms with Gasteiger partial charge in [0.15, 0.2) is 5.76 Å². The van der Waals surface area contributed by atoms with E-state index in [0.717, 1.165) is 17.9 Å². The number of aromatic nitrogens is 1. The Morgan fingerprint density at radius 1 is 1.44 bits per heavy atom. The van der Waals surface area contributed by atoms with Gasteiger partial charge in [-0.2, -0.15) is 12.6 Å². The zero-order valence-corrected chi connectivity index (χ0v) is 10.00. The first-order chi connectivity index (χ1) is 7.81. The molecule has 1 heterocycles. The van der Waals surface area contributed by atoms with E-state index in [-0.39, 0.29) is 0 Å². The molecule has 2 nitrogen and oxygen atoms in total. The SMILES string of the molecule is CC1Cc2c(CS)noc2-c2ccccc21. The van der Waals surface area contributed by atoms with E-state index in [9.17, 15) is 0 Å². The van der Waals surface area contributed by atoms with Crippen molar-refractivity contribution in [2.75, 3.05) is 0 Å². The minimum atomic E-state index is 0.529. The van der Waals surface area contributed by atoms with Crippen LogP contribution in [0.4, 0.5) is 0 Å². The fourth-order valence-corrected chi connectivity index (χ4v) is 2.69. The topological polar surface area (TPSA) is 26.0 Å². The van der Waals surface area contributed by atoms with Gasteiger partial charge in [-0.05, 0) is 17.9 Å². The molecule has 0 bridgehead atoms. The highest BCUT2D eigenvalue weighted by Gasteiger charge is 2.27. The Balaban J connectivity index is 2.24. The highest BCUT2D eigenvalue weighted by atomic mass is 32.1. The predicted molar refractivity (Wildman–Crippen MR) is 66.7 cm³/mol. The van der Waals surface area contributed by atoms with Gasteiger partial charge in [0.1, 0.15) is 0 Å². The maximum Gasteiger partial charge on any atom is 0.170 e. The van der Waals surface area contributed by atoms with E-state index < -0.39 is 0 Å². The molecule has 1 unspecified atom stereocenters. The Bertz CT molecular complexity index is 532. The Kier molecular flexibility index (Phi) is 2.28. The molecule has 0 N–H and O–H groups in total. The molecule has 0 spiro atoms. The molecule has 2 aromatic rings. The number of fused-ring (bicyclic) bond motifs is 3. The second kappa shape index (κ2) is 3.67. The molecule has 1 atom stereocenters. The van der Waals surface area contributed by atoms with Gasteiger partial charge in [-0.25, -0.2) is 0 Å². The van der Waals surface area contributed by atoms with Crippen molar-refractivity contribution in [3.63, 3.8) is 0 Å². The lowest BCUT2D eigenvalue weighted by molar-refractivity contribution is 0.424. The minimum absolute atomic E-state index is 0.529. The van der Waals surface area contributed by atoms with Gasteiger partial charge in [0, 0.05) is 16.9 Å². The third-order valence-electron chi connectivity index (χ3n) is 3.27. The Morgan fingerprint density at radius 3 is 3.06 bits per heavy atom. The van der Waals surface area contributed by atoms with Gasteiger partial charge in [0.25, 0.3) is 0 Å². The van der Waals surface area contributed by atoms with Crippen LogP contribution < -0.4 is 0 Å². The first-order valence-electron chi connectivity index (χ1n) is 5.49. The second-order valence-electron chi connectivity index (χ2n) is 4.29. The standard InChI is InChI=1S/C13H13NOS/c1-8-6-11-12(7-16)14-15-13(11)10-5-3-2-4-9(8)10/h2-5,8,16H,6-7H2,1H3. The lowest BCUT2D eigenvalue weighted by Crippen LogP contribution is -2.07. The summed E-state index contributed by atoms with van der Waals surface area (Å²) in [4.78, 5) is 0. The summed E-state index contributed by atoms with van der Waals surface area (Å²) in [5.74, 6) is 2.12. The molecule has 16 heavy (non-hydrogen) atoms. The van der Waals surface area contributed by atoms with E-state index in [2.05, 4.69) is 42.9 Å². The Morgan fingerprint density at radius 2 is 2.25 bits per heavy atom. The van der Waals surface area contributed by atoms with Gasteiger partial charge in [-0.3, -0.25) is 0 Å². The molecule has 0 saturated carbocycles. The average molecular weight is 231 g/mol. The summed E-state index contributed by atoms with van der Waals surface area (Å²) in [5.41, 5.74) is 4.77. The molecule has 0 radical (unpaired) electrons. The van der Waals surface area contributed by atoms with Crippen LogP contribution in [0, 0.1) is 0 Å². The van der Waals surface area contributed by atoms with Crippen molar-refractivity contribution in [2.24, 2.45) is 0 Å². The second-order valence-corrected chi connectivity index (χ2v) is 4.60. The van der Waals surface area contributed by atoms with Crippen LogP contribution in [-0.2, 0) is 12.2 Å². The fraction of sp³-hybridized carbons (Fsp3) is 0.308. The Hall–Kier alpha value is -1.22. The van der Waals surface area contributed by atoms with Crippen LogP contribution in [0.15, 0.2) is 28.8 Å². The number of nitrogens with zero attached hydrogens (tertiary/aromatic N) is 1. The van der Waals surface area contributed by atoms with Crippen LogP contribution in [0.25, 0.3) is 11.3 Å². The molecule has 0 saturated heterocycles. The van der Waals surface area contributed by atoms with Crippen molar-refractivity contribution in [3.05, 3.63) is 41.1 Å². The lowest BCUT2D eigenvalue weighted by atomic mass is 9.82. The van der Waals surface area contributed by atoms with E-state index in [0.29, 0.717) is 11.7 Å². The minimum Gasteiger partial charge on any atom is -0.356 e. The highest BCUT2D eigenvalue weighted by Crippen LogP contribution is 2.40. The largest absolute Gasteiger partial charge is 0.356 e. The summed E-state index contributed by atoms with van der Waals surface area (Å²) in [7, 11) is 0. The summed E-state index contributed by atoms with van der Waals surface area (Å²) in [6.45, 7) is 2.25. The molecule has 0 amide bonds. The van der Waals surface area contributed by atoms with Crippen molar-refractivity contribution >= 4 is 12.6 Å². The normalized spacial score (nSPS) is 18.0. The number of benzene rings is 1. The predicted octanol–water partition coefficient (Wildman–Crippen LogP) is 3.43. The van der Waals surface area contributed by atoms with Crippen molar-refractivity contribution in [2.45, 2.75) is 25.0 Å². The van der Waals surface area contributed by atoms with Gasteiger partial charge >= 0.3 is 0 Å². The summed E-state index contributed by atoms with van der Waals surface area (Å²) in [5, 5.41) is 4.10. The fourth-order valence-electron chi connectivity index (χ4n) is 2.44. The van der Waals surface area contributed by atoms with Gasteiger partial charge in [-0.1, -0.05) is 36.3 Å². The lowest BCUT2D eigenvalue weighted by Gasteiger charge is -2.20. The molecular weight excluding hydrogens is 218 g/mol. The summed E-state index contributed by atoms with van der Waals surface area (Å²) < 4.78 is 5.45. The summed E-state index contributed by atoms with van der Waals surface area (Å²) >= 11 is 4.29. The smallest absolute Gasteiger partial charge is 0.170 e. The third-order valence-corrected chi connectivity index (χ3v) is 3.57. The first-order valence-corrected chi connectivity index (χ1v) is 6.12. The molecule has 1 aromatic carbocycles. The van der Waals surface area contributed by atoms with Crippen LogP contribution in [-0.4, -0.2) is 5.16 Å². The monoisotopic (exact) mass is 231 g/mol.